The van der Waals surface area contributed by atoms with Gasteiger partial charge in [-0.05, 0) is 72.0 Å². The molecule has 0 spiro atoms. The molecule has 1 aliphatic carbocycles. The van der Waals surface area contributed by atoms with Crippen molar-refractivity contribution in [2.75, 3.05) is 26.2 Å². The summed E-state index contributed by atoms with van der Waals surface area (Å²) in [5.74, 6) is 0.721. The Bertz CT molecular complexity index is 355. The van der Waals surface area contributed by atoms with Gasteiger partial charge in [-0.25, -0.2) is 4.79 Å². The first-order valence-corrected chi connectivity index (χ1v) is 8.82. The Morgan fingerprint density at radius 2 is 1.86 bits per heavy atom. The summed E-state index contributed by atoms with van der Waals surface area (Å²) >= 11 is 0. The number of rotatable bonds is 6. The second-order valence-electron chi connectivity index (χ2n) is 7.70. The molecule has 0 aromatic heterocycles. The van der Waals surface area contributed by atoms with Gasteiger partial charge >= 0.3 is 6.09 Å². The fraction of sp³-hybridized carbons (Fsp3) is 0.941. The quantitative estimate of drug-likeness (QED) is 0.791. The minimum atomic E-state index is -0.431. The summed E-state index contributed by atoms with van der Waals surface area (Å²) in [6.45, 7) is 12.1. The predicted molar refractivity (Wildman–Crippen MR) is 89.0 cm³/mol. The van der Waals surface area contributed by atoms with Crippen molar-refractivity contribution in [2.45, 2.75) is 71.1 Å². The van der Waals surface area contributed by atoms with Crippen LogP contribution in [0.25, 0.3) is 0 Å². The zero-order valence-electron chi connectivity index (χ0n) is 14.7. The third-order valence-electron chi connectivity index (χ3n) is 4.54. The SMILES string of the molecule is CCN1CCC(NC(CNC(=O)OC(C)(C)C)C2CC2)CC1. The smallest absolute Gasteiger partial charge is 0.407 e. The molecule has 1 amide bonds. The highest BCUT2D eigenvalue weighted by Gasteiger charge is 2.33. The van der Waals surface area contributed by atoms with Gasteiger partial charge in [0.25, 0.3) is 0 Å². The summed E-state index contributed by atoms with van der Waals surface area (Å²) in [5, 5.41) is 6.72. The van der Waals surface area contributed by atoms with Crippen molar-refractivity contribution in [3.8, 4) is 0 Å². The summed E-state index contributed by atoms with van der Waals surface area (Å²) in [7, 11) is 0. The topological polar surface area (TPSA) is 53.6 Å². The van der Waals surface area contributed by atoms with Gasteiger partial charge in [0.1, 0.15) is 5.60 Å². The predicted octanol–water partition coefficient (Wildman–Crippen LogP) is 2.36. The average Bonchev–Trinajstić information content (AvgIpc) is 3.26. The number of hydrogen-bond donors (Lipinski definition) is 2. The number of hydrogen-bond acceptors (Lipinski definition) is 4. The molecule has 1 saturated carbocycles. The molecule has 2 N–H and O–H groups in total. The lowest BCUT2D eigenvalue weighted by molar-refractivity contribution is 0.0519. The molecular formula is C17H33N3O2. The van der Waals surface area contributed by atoms with E-state index < -0.39 is 5.60 Å². The highest BCUT2D eigenvalue weighted by Crippen LogP contribution is 2.33. The Morgan fingerprint density at radius 1 is 1.23 bits per heavy atom. The molecule has 1 aliphatic heterocycles. The van der Waals surface area contributed by atoms with Crippen molar-refractivity contribution >= 4 is 6.09 Å². The zero-order valence-corrected chi connectivity index (χ0v) is 14.7. The number of likely N-dealkylation sites (tertiary alicyclic amines) is 1. The fourth-order valence-corrected chi connectivity index (χ4v) is 3.09. The molecule has 1 unspecified atom stereocenters. The highest BCUT2D eigenvalue weighted by molar-refractivity contribution is 5.67. The number of ether oxygens (including phenoxy) is 1. The molecule has 1 heterocycles. The Hall–Kier alpha value is -0.810. The van der Waals surface area contributed by atoms with Gasteiger partial charge in [0, 0.05) is 18.6 Å². The maximum absolute atomic E-state index is 11.8. The Balaban J connectivity index is 1.73. The van der Waals surface area contributed by atoms with Crippen LogP contribution < -0.4 is 10.6 Å². The number of nitrogens with one attached hydrogen (secondary N) is 2. The standard InChI is InChI=1S/C17H33N3O2/c1-5-20-10-8-14(9-11-20)19-15(13-6-7-13)12-18-16(21)22-17(2,3)4/h13-15,19H,5-12H2,1-4H3,(H,18,21). The van der Waals surface area contributed by atoms with E-state index in [9.17, 15) is 4.79 Å². The van der Waals surface area contributed by atoms with Gasteiger partial charge in [0.15, 0.2) is 0 Å². The lowest BCUT2D eigenvalue weighted by atomic mass is 10.0. The van der Waals surface area contributed by atoms with Crippen molar-refractivity contribution in [3.63, 3.8) is 0 Å². The van der Waals surface area contributed by atoms with E-state index in [0.29, 0.717) is 18.6 Å². The molecule has 0 radical (unpaired) electrons. The maximum Gasteiger partial charge on any atom is 0.407 e. The van der Waals surface area contributed by atoms with Crippen molar-refractivity contribution in [1.29, 1.82) is 0 Å². The van der Waals surface area contributed by atoms with Crippen LogP contribution in [0, 0.1) is 5.92 Å². The molecule has 128 valence electrons. The van der Waals surface area contributed by atoms with Crippen LogP contribution in [-0.2, 0) is 4.74 Å². The number of amides is 1. The van der Waals surface area contributed by atoms with Crippen LogP contribution >= 0.6 is 0 Å². The van der Waals surface area contributed by atoms with Crippen LogP contribution in [0.5, 0.6) is 0 Å². The summed E-state index contributed by atoms with van der Waals surface area (Å²) in [4.78, 5) is 14.3. The summed E-state index contributed by atoms with van der Waals surface area (Å²) < 4.78 is 5.32. The molecule has 1 atom stereocenters. The molecule has 5 heteroatoms. The number of carbonyl (C=O) groups excluding carboxylic acids is 1. The molecule has 0 bridgehead atoms. The summed E-state index contributed by atoms with van der Waals surface area (Å²) in [5.41, 5.74) is -0.431. The first-order chi connectivity index (χ1) is 10.4. The molecule has 2 aliphatic rings. The Labute approximate surface area is 135 Å². The molecule has 2 rings (SSSR count). The largest absolute Gasteiger partial charge is 0.444 e. The van der Waals surface area contributed by atoms with Crippen molar-refractivity contribution in [2.24, 2.45) is 5.92 Å². The normalized spacial score (nSPS) is 22.4. The van der Waals surface area contributed by atoms with Crippen LogP contribution in [0.2, 0.25) is 0 Å². The molecule has 0 aromatic rings. The van der Waals surface area contributed by atoms with Gasteiger partial charge < -0.3 is 20.3 Å². The molecular weight excluding hydrogens is 278 g/mol. The van der Waals surface area contributed by atoms with Crippen LogP contribution in [-0.4, -0.2) is 54.9 Å². The van der Waals surface area contributed by atoms with Gasteiger partial charge in [-0.3, -0.25) is 0 Å². The monoisotopic (exact) mass is 311 g/mol. The molecule has 1 saturated heterocycles. The van der Waals surface area contributed by atoms with E-state index in [1.165, 1.54) is 38.8 Å². The van der Waals surface area contributed by atoms with Gasteiger partial charge in [0.05, 0.1) is 0 Å². The van der Waals surface area contributed by atoms with E-state index in [4.69, 9.17) is 4.74 Å². The van der Waals surface area contributed by atoms with Crippen LogP contribution in [0.4, 0.5) is 4.79 Å². The number of piperidine rings is 1. The first-order valence-electron chi connectivity index (χ1n) is 8.82. The van der Waals surface area contributed by atoms with Gasteiger partial charge in [-0.2, -0.15) is 0 Å². The molecule has 5 nitrogen and oxygen atoms in total. The number of alkyl carbamates (subject to hydrolysis) is 1. The second kappa shape index (κ2) is 7.64. The van der Waals surface area contributed by atoms with Crippen LogP contribution in [0.1, 0.15) is 53.4 Å². The van der Waals surface area contributed by atoms with Gasteiger partial charge in [-0.15, -0.1) is 0 Å². The van der Waals surface area contributed by atoms with Crippen molar-refractivity contribution < 1.29 is 9.53 Å². The van der Waals surface area contributed by atoms with Crippen molar-refractivity contribution in [1.82, 2.24) is 15.5 Å². The minimum Gasteiger partial charge on any atom is -0.444 e. The minimum absolute atomic E-state index is 0.305. The first kappa shape index (κ1) is 17.5. The number of carbonyl (C=O) groups is 1. The molecule has 22 heavy (non-hydrogen) atoms. The second-order valence-corrected chi connectivity index (χ2v) is 7.70. The van der Waals surface area contributed by atoms with E-state index in [1.807, 2.05) is 20.8 Å². The maximum atomic E-state index is 11.8. The lowest BCUT2D eigenvalue weighted by Gasteiger charge is -2.34. The van der Waals surface area contributed by atoms with E-state index >= 15 is 0 Å². The molecule has 2 fully saturated rings. The van der Waals surface area contributed by atoms with Gasteiger partial charge in [-0.1, -0.05) is 6.92 Å². The third kappa shape index (κ3) is 6.13. The summed E-state index contributed by atoms with van der Waals surface area (Å²) in [6.07, 6.45) is 4.68. The third-order valence-corrected chi connectivity index (χ3v) is 4.54. The Morgan fingerprint density at radius 3 is 2.36 bits per heavy atom. The van der Waals surface area contributed by atoms with Gasteiger partial charge in [0.2, 0.25) is 0 Å². The highest BCUT2D eigenvalue weighted by atomic mass is 16.6. The average molecular weight is 311 g/mol. The van der Waals surface area contributed by atoms with Crippen LogP contribution in [0.3, 0.4) is 0 Å². The summed E-state index contributed by atoms with van der Waals surface area (Å²) in [6, 6.07) is 0.986. The van der Waals surface area contributed by atoms with E-state index in [1.54, 1.807) is 0 Å². The van der Waals surface area contributed by atoms with E-state index in [-0.39, 0.29) is 6.09 Å². The zero-order chi connectivity index (χ0) is 16.2. The fourth-order valence-electron chi connectivity index (χ4n) is 3.09. The Kier molecular flexibility index (Phi) is 6.09. The van der Waals surface area contributed by atoms with Crippen LogP contribution in [0.15, 0.2) is 0 Å². The lowest BCUT2D eigenvalue weighted by Crippen LogP contribution is -2.51. The number of nitrogens with zero attached hydrogens (tertiary/aromatic N) is 1. The van der Waals surface area contributed by atoms with E-state index in [0.717, 1.165) is 12.5 Å². The van der Waals surface area contributed by atoms with Crippen molar-refractivity contribution in [3.05, 3.63) is 0 Å². The van der Waals surface area contributed by atoms with E-state index in [2.05, 4.69) is 22.5 Å². The molecule has 0 aromatic carbocycles.